The predicted molar refractivity (Wildman–Crippen MR) is 79.7 cm³/mol. The topological polar surface area (TPSA) is 33.2 Å². The van der Waals surface area contributed by atoms with Gasteiger partial charge in [0.2, 0.25) is 5.91 Å². The van der Waals surface area contributed by atoms with Crippen LogP contribution in [0.4, 0.5) is 5.13 Å². The molecule has 0 atom stereocenters. The number of amides is 1. The van der Waals surface area contributed by atoms with Gasteiger partial charge in [-0.05, 0) is 38.3 Å². The minimum atomic E-state index is 0.230. The molecule has 1 fully saturated rings. The number of fused-ring (bicyclic) bond motifs is 1. The van der Waals surface area contributed by atoms with Crippen LogP contribution >= 0.6 is 11.3 Å². The van der Waals surface area contributed by atoms with Crippen molar-refractivity contribution in [1.82, 2.24) is 4.98 Å². The molecule has 0 aliphatic heterocycles. The van der Waals surface area contributed by atoms with Gasteiger partial charge >= 0.3 is 0 Å². The summed E-state index contributed by atoms with van der Waals surface area (Å²) in [7, 11) is 0. The van der Waals surface area contributed by atoms with Crippen LogP contribution in [0.25, 0.3) is 10.2 Å². The van der Waals surface area contributed by atoms with Crippen LogP contribution < -0.4 is 4.90 Å². The standard InChI is InChI=1S/C15H18N2OS/c1-3-17(14(18)11-7-5-8-11)15-16-13-10(2)6-4-9-12(13)19-15/h4,6,9,11H,3,5,7-8H2,1-2H3. The molecule has 0 spiro atoms. The summed E-state index contributed by atoms with van der Waals surface area (Å²) in [5.74, 6) is 0.485. The second-order valence-electron chi connectivity index (χ2n) is 5.13. The molecule has 0 saturated heterocycles. The fraction of sp³-hybridized carbons (Fsp3) is 0.467. The lowest BCUT2D eigenvalue weighted by Crippen LogP contribution is -2.38. The van der Waals surface area contributed by atoms with E-state index in [2.05, 4.69) is 24.0 Å². The number of para-hydroxylation sites is 1. The molecule has 0 radical (unpaired) electrons. The average Bonchev–Trinajstić information content (AvgIpc) is 2.73. The smallest absolute Gasteiger partial charge is 0.231 e. The first-order valence-electron chi connectivity index (χ1n) is 6.88. The zero-order chi connectivity index (χ0) is 13.4. The Labute approximate surface area is 117 Å². The largest absolute Gasteiger partial charge is 0.288 e. The van der Waals surface area contributed by atoms with Crippen molar-refractivity contribution in [3.8, 4) is 0 Å². The summed E-state index contributed by atoms with van der Waals surface area (Å²) in [5.41, 5.74) is 2.20. The fourth-order valence-electron chi connectivity index (χ4n) is 2.45. The van der Waals surface area contributed by atoms with E-state index >= 15 is 0 Å². The van der Waals surface area contributed by atoms with Crippen molar-refractivity contribution in [2.45, 2.75) is 33.1 Å². The average molecular weight is 274 g/mol. The van der Waals surface area contributed by atoms with Crippen LogP contribution in [-0.4, -0.2) is 17.4 Å². The van der Waals surface area contributed by atoms with E-state index in [9.17, 15) is 4.79 Å². The van der Waals surface area contributed by atoms with Gasteiger partial charge < -0.3 is 0 Å². The number of benzene rings is 1. The molecule has 4 heteroatoms. The molecular formula is C15H18N2OS. The Morgan fingerprint density at radius 3 is 2.84 bits per heavy atom. The van der Waals surface area contributed by atoms with Crippen LogP contribution in [0.5, 0.6) is 0 Å². The maximum Gasteiger partial charge on any atom is 0.231 e. The highest BCUT2D eigenvalue weighted by Crippen LogP contribution is 2.34. The lowest BCUT2D eigenvalue weighted by molar-refractivity contribution is -0.124. The summed E-state index contributed by atoms with van der Waals surface area (Å²) >= 11 is 1.62. The third-order valence-corrected chi connectivity index (χ3v) is 4.92. The summed E-state index contributed by atoms with van der Waals surface area (Å²) in [6.45, 7) is 4.79. The van der Waals surface area contributed by atoms with Crippen LogP contribution in [0.3, 0.4) is 0 Å². The van der Waals surface area contributed by atoms with E-state index in [0.29, 0.717) is 6.54 Å². The number of hydrogen-bond donors (Lipinski definition) is 0. The second-order valence-corrected chi connectivity index (χ2v) is 6.14. The SMILES string of the molecule is CCN(C(=O)C1CCC1)c1nc2c(C)cccc2s1. The van der Waals surface area contributed by atoms with E-state index in [1.165, 1.54) is 12.0 Å². The molecule has 3 rings (SSSR count). The van der Waals surface area contributed by atoms with Gasteiger partial charge in [-0.1, -0.05) is 29.9 Å². The van der Waals surface area contributed by atoms with Gasteiger partial charge in [-0.3, -0.25) is 9.69 Å². The monoisotopic (exact) mass is 274 g/mol. The molecular weight excluding hydrogens is 256 g/mol. The molecule has 3 nitrogen and oxygen atoms in total. The molecule has 1 aliphatic carbocycles. The van der Waals surface area contributed by atoms with E-state index in [0.717, 1.165) is 28.2 Å². The zero-order valence-corrected chi connectivity index (χ0v) is 12.2. The van der Waals surface area contributed by atoms with Crippen molar-refractivity contribution in [2.24, 2.45) is 5.92 Å². The van der Waals surface area contributed by atoms with Crippen LogP contribution in [0.15, 0.2) is 18.2 Å². The highest BCUT2D eigenvalue weighted by Gasteiger charge is 2.30. The van der Waals surface area contributed by atoms with Crippen molar-refractivity contribution in [2.75, 3.05) is 11.4 Å². The quantitative estimate of drug-likeness (QED) is 0.854. The van der Waals surface area contributed by atoms with Crippen molar-refractivity contribution < 1.29 is 4.79 Å². The fourth-order valence-corrected chi connectivity index (χ4v) is 3.56. The predicted octanol–water partition coefficient (Wildman–Crippen LogP) is 3.76. The Hall–Kier alpha value is -1.42. The van der Waals surface area contributed by atoms with Crippen molar-refractivity contribution >= 4 is 32.6 Å². The van der Waals surface area contributed by atoms with Crippen LogP contribution in [0.2, 0.25) is 0 Å². The highest BCUT2D eigenvalue weighted by molar-refractivity contribution is 7.22. The third kappa shape index (κ3) is 2.14. The van der Waals surface area contributed by atoms with Crippen molar-refractivity contribution in [1.29, 1.82) is 0 Å². The molecule has 1 aromatic heterocycles. The van der Waals surface area contributed by atoms with Gasteiger partial charge in [0.25, 0.3) is 0 Å². The minimum Gasteiger partial charge on any atom is -0.288 e. The molecule has 1 aliphatic rings. The molecule has 1 heterocycles. The third-order valence-electron chi connectivity index (χ3n) is 3.88. The maximum atomic E-state index is 12.4. The Bertz CT molecular complexity index is 616. The van der Waals surface area contributed by atoms with Gasteiger partial charge in [0.05, 0.1) is 10.2 Å². The van der Waals surface area contributed by atoms with Gasteiger partial charge in [-0.25, -0.2) is 4.98 Å². The number of aryl methyl sites for hydroxylation is 1. The molecule has 0 unspecified atom stereocenters. The number of carbonyl (C=O) groups excluding carboxylic acids is 1. The van der Waals surface area contributed by atoms with Gasteiger partial charge in [-0.15, -0.1) is 0 Å². The summed E-state index contributed by atoms with van der Waals surface area (Å²) in [5, 5.41) is 0.851. The first-order valence-corrected chi connectivity index (χ1v) is 7.70. The lowest BCUT2D eigenvalue weighted by Gasteiger charge is -2.29. The number of anilines is 1. The Kier molecular flexibility index (Phi) is 3.27. The molecule has 2 aromatic rings. The number of rotatable bonds is 3. The van der Waals surface area contributed by atoms with E-state index in [1.807, 2.05) is 17.9 Å². The summed E-state index contributed by atoms with van der Waals surface area (Å²) in [6, 6.07) is 6.19. The Balaban J connectivity index is 1.96. The zero-order valence-electron chi connectivity index (χ0n) is 11.3. The van der Waals surface area contributed by atoms with Gasteiger partial charge in [-0.2, -0.15) is 0 Å². The van der Waals surface area contributed by atoms with Crippen molar-refractivity contribution in [3.63, 3.8) is 0 Å². The van der Waals surface area contributed by atoms with E-state index in [4.69, 9.17) is 0 Å². The maximum absolute atomic E-state index is 12.4. The molecule has 1 saturated carbocycles. The molecule has 1 aromatic carbocycles. The van der Waals surface area contributed by atoms with Crippen LogP contribution in [0, 0.1) is 12.8 Å². The normalized spacial score (nSPS) is 15.5. The summed E-state index contributed by atoms with van der Waals surface area (Å²) in [6.07, 6.45) is 3.27. The van der Waals surface area contributed by atoms with Crippen LogP contribution in [0.1, 0.15) is 31.7 Å². The first-order chi connectivity index (χ1) is 9.20. The van der Waals surface area contributed by atoms with E-state index < -0.39 is 0 Å². The molecule has 100 valence electrons. The number of nitrogens with zero attached hydrogens (tertiary/aromatic N) is 2. The molecule has 19 heavy (non-hydrogen) atoms. The molecule has 0 N–H and O–H groups in total. The highest BCUT2D eigenvalue weighted by atomic mass is 32.1. The van der Waals surface area contributed by atoms with E-state index in [1.54, 1.807) is 11.3 Å². The molecule has 0 bridgehead atoms. The second kappa shape index (κ2) is 4.93. The van der Waals surface area contributed by atoms with Gasteiger partial charge in [0.15, 0.2) is 5.13 Å². The van der Waals surface area contributed by atoms with E-state index in [-0.39, 0.29) is 11.8 Å². The van der Waals surface area contributed by atoms with Crippen LogP contribution in [-0.2, 0) is 4.79 Å². The summed E-state index contributed by atoms with van der Waals surface area (Å²) in [4.78, 5) is 18.9. The Morgan fingerprint density at radius 2 is 2.26 bits per heavy atom. The minimum absolute atomic E-state index is 0.230. The van der Waals surface area contributed by atoms with Crippen molar-refractivity contribution in [3.05, 3.63) is 23.8 Å². The number of thiazole rings is 1. The van der Waals surface area contributed by atoms with Gasteiger partial charge in [0, 0.05) is 12.5 Å². The number of hydrogen-bond acceptors (Lipinski definition) is 3. The lowest BCUT2D eigenvalue weighted by atomic mass is 9.84. The molecule has 1 amide bonds. The number of carbonyl (C=O) groups is 1. The Morgan fingerprint density at radius 1 is 1.47 bits per heavy atom. The first kappa shape index (κ1) is 12.6. The number of aromatic nitrogens is 1. The van der Waals surface area contributed by atoms with Gasteiger partial charge in [0.1, 0.15) is 0 Å². The summed E-state index contributed by atoms with van der Waals surface area (Å²) < 4.78 is 1.16.